The fourth-order valence-electron chi connectivity index (χ4n) is 2.35. The Kier molecular flexibility index (Phi) is 5.22. The predicted octanol–water partition coefficient (Wildman–Crippen LogP) is 2.03. The lowest BCUT2D eigenvalue weighted by Gasteiger charge is -2.18. The molecule has 1 aromatic carbocycles. The van der Waals surface area contributed by atoms with E-state index in [1.54, 1.807) is 38.1 Å². The van der Waals surface area contributed by atoms with Gasteiger partial charge in [-0.3, -0.25) is 9.69 Å². The van der Waals surface area contributed by atoms with Crippen molar-refractivity contribution in [2.45, 2.75) is 13.1 Å². The van der Waals surface area contributed by atoms with Gasteiger partial charge in [0.1, 0.15) is 0 Å². The van der Waals surface area contributed by atoms with E-state index >= 15 is 0 Å². The van der Waals surface area contributed by atoms with Crippen molar-refractivity contribution in [3.05, 3.63) is 58.0 Å². The van der Waals surface area contributed by atoms with Crippen molar-refractivity contribution in [1.29, 1.82) is 0 Å². The molecular weight excluding hydrogens is 280 g/mol. The molecule has 0 saturated carbocycles. The van der Waals surface area contributed by atoms with E-state index in [0.717, 1.165) is 29.2 Å². The molecule has 0 spiro atoms. The Hall–Kier alpha value is -2.27. The van der Waals surface area contributed by atoms with Gasteiger partial charge in [0, 0.05) is 32.4 Å². The summed E-state index contributed by atoms with van der Waals surface area (Å²) < 4.78 is 12.1. The fourth-order valence-corrected chi connectivity index (χ4v) is 2.35. The third-order valence-electron chi connectivity index (χ3n) is 3.52. The fraction of sp³-hybridized carbons (Fsp3) is 0.353. The van der Waals surface area contributed by atoms with Crippen molar-refractivity contribution < 1.29 is 9.47 Å². The summed E-state index contributed by atoms with van der Waals surface area (Å²) in [5, 5.41) is 0. The second-order valence-electron chi connectivity index (χ2n) is 5.35. The summed E-state index contributed by atoms with van der Waals surface area (Å²) in [4.78, 5) is 13.8. The molecule has 0 bridgehead atoms. The van der Waals surface area contributed by atoms with Gasteiger partial charge in [0.05, 0.1) is 14.2 Å². The van der Waals surface area contributed by atoms with Gasteiger partial charge in [-0.25, -0.2) is 0 Å². The second kappa shape index (κ2) is 7.13. The van der Waals surface area contributed by atoms with Crippen LogP contribution in [0.3, 0.4) is 0 Å². The quantitative estimate of drug-likeness (QED) is 0.819. The lowest BCUT2D eigenvalue weighted by Crippen LogP contribution is -2.20. The third kappa shape index (κ3) is 3.89. The molecule has 0 N–H and O–H groups in total. The topological polar surface area (TPSA) is 43.7 Å². The van der Waals surface area contributed by atoms with Crippen LogP contribution in [0.1, 0.15) is 11.1 Å². The van der Waals surface area contributed by atoms with Crippen LogP contribution < -0.4 is 15.0 Å². The molecule has 0 aliphatic rings. The Balaban J connectivity index is 2.06. The zero-order valence-electron chi connectivity index (χ0n) is 13.5. The summed E-state index contributed by atoms with van der Waals surface area (Å²) in [5.41, 5.74) is 2.15. The lowest BCUT2D eigenvalue weighted by molar-refractivity contribution is 0.316. The van der Waals surface area contributed by atoms with Crippen LogP contribution in [0, 0.1) is 0 Å². The van der Waals surface area contributed by atoms with E-state index in [9.17, 15) is 4.79 Å². The molecule has 0 aliphatic carbocycles. The number of nitrogens with zero attached hydrogens (tertiary/aromatic N) is 2. The van der Waals surface area contributed by atoms with E-state index < -0.39 is 0 Å². The molecule has 0 saturated heterocycles. The van der Waals surface area contributed by atoms with Crippen LogP contribution in [-0.2, 0) is 20.1 Å². The average Bonchev–Trinajstić information content (AvgIpc) is 2.50. The van der Waals surface area contributed by atoms with E-state index in [2.05, 4.69) is 4.90 Å². The molecule has 1 heterocycles. The van der Waals surface area contributed by atoms with Gasteiger partial charge in [0.2, 0.25) is 0 Å². The number of benzene rings is 1. The zero-order chi connectivity index (χ0) is 16.1. The maximum absolute atomic E-state index is 11.6. The number of ether oxygens (including phenoxy) is 2. The zero-order valence-corrected chi connectivity index (χ0v) is 13.5. The molecule has 0 unspecified atom stereocenters. The summed E-state index contributed by atoms with van der Waals surface area (Å²) in [6, 6.07) is 9.53. The number of rotatable bonds is 6. The molecule has 5 heteroatoms. The smallest absolute Gasteiger partial charge is 0.250 e. The number of aromatic nitrogens is 1. The molecule has 118 valence electrons. The highest BCUT2D eigenvalue weighted by molar-refractivity contribution is 5.42. The van der Waals surface area contributed by atoms with E-state index in [-0.39, 0.29) is 5.56 Å². The van der Waals surface area contributed by atoms with Gasteiger partial charge in [0.15, 0.2) is 11.5 Å². The monoisotopic (exact) mass is 302 g/mol. The maximum Gasteiger partial charge on any atom is 0.250 e. The molecule has 0 fully saturated rings. The molecule has 1 aromatic heterocycles. The molecule has 2 aromatic rings. The SMILES string of the molecule is COc1ccc(CN(C)Cc2ccn(C)c(=O)c2)cc1OC. The van der Waals surface area contributed by atoms with Crippen molar-refractivity contribution in [1.82, 2.24) is 9.47 Å². The summed E-state index contributed by atoms with van der Waals surface area (Å²) >= 11 is 0. The van der Waals surface area contributed by atoms with Gasteiger partial charge >= 0.3 is 0 Å². The van der Waals surface area contributed by atoms with Gasteiger partial charge in [0.25, 0.3) is 5.56 Å². The summed E-state index contributed by atoms with van der Waals surface area (Å²) in [6.45, 7) is 1.47. The second-order valence-corrected chi connectivity index (χ2v) is 5.35. The van der Waals surface area contributed by atoms with Gasteiger partial charge in [-0.05, 0) is 36.4 Å². The van der Waals surface area contributed by atoms with Crippen LogP contribution in [-0.4, -0.2) is 30.7 Å². The van der Waals surface area contributed by atoms with Gasteiger partial charge in [-0.1, -0.05) is 6.07 Å². The Morgan fingerprint density at radius 1 is 1.00 bits per heavy atom. The molecule has 5 nitrogen and oxygen atoms in total. The predicted molar refractivity (Wildman–Crippen MR) is 86.4 cm³/mol. The highest BCUT2D eigenvalue weighted by atomic mass is 16.5. The van der Waals surface area contributed by atoms with E-state index in [1.807, 2.05) is 31.3 Å². The Morgan fingerprint density at radius 3 is 2.23 bits per heavy atom. The molecule has 0 aliphatic heterocycles. The minimum absolute atomic E-state index is 0.0111. The normalized spacial score (nSPS) is 10.8. The van der Waals surface area contributed by atoms with Crippen molar-refractivity contribution in [2.24, 2.45) is 7.05 Å². The summed E-state index contributed by atoms with van der Waals surface area (Å²) in [7, 11) is 7.03. The standard InChI is InChI=1S/C17H22N2O3/c1-18(12-14-7-8-19(2)17(20)10-14)11-13-5-6-15(21-3)16(9-13)22-4/h5-10H,11-12H2,1-4H3. The highest BCUT2D eigenvalue weighted by Crippen LogP contribution is 2.28. The highest BCUT2D eigenvalue weighted by Gasteiger charge is 2.07. The average molecular weight is 302 g/mol. The summed E-state index contributed by atoms with van der Waals surface area (Å²) in [5.74, 6) is 1.45. The maximum atomic E-state index is 11.6. The molecule has 0 amide bonds. The molecule has 0 atom stereocenters. The van der Waals surface area contributed by atoms with Gasteiger partial charge in [-0.2, -0.15) is 0 Å². The van der Waals surface area contributed by atoms with Crippen molar-refractivity contribution in [3.8, 4) is 11.5 Å². The first-order valence-corrected chi connectivity index (χ1v) is 7.08. The first kappa shape index (κ1) is 16.1. The summed E-state index contributed by atoms with van der Waals surface area (Å²) in [6.07, 6.45) is 1.79. The van der Waals surface area contributed by atoms with E-state index in [1.165, 1.54) is 0 Å². The van der Waals surface area contributed by atoms with Crippen molar-refractivity contribution in [2.75, 3.05) is 21.3 Å². The number of pyridine rings is 1. The van der Waals surface area contributed by atoms with Crippen LogP contribution in [0.2, 0.25) is 0 Å². The van der Waals surface area contributed by atoms with Crippen molar-refractivity contribution in [3.63, 3.8) is 0 Å². The van der Waals surface area contributed by atoms with E-state index in [0.29, 0.717) is 6.54 Å². The van der Waals surface area contributed by atoms with Gasteiger partial charge in [-0.15, -0.1) is 0 Å². The Labute approximate surface area is 130 Å². The van der Waals surface area contributed by atoms with E-state index in [4.69, 9.17) is 9.47 Å². The van der Waals surface area contributed by atoms with Gasteiger partial charge < -0.3 is 14.0 Å². The number of methoxy groups -OCH3 is 2. The van der Waals surface area contributed by atoms with Crippen LogP contribution in [0.25, 0.3) is 0 Å². The Morgan fingerprint density at radius 2 is 1.64 bits per heavy atom. The first-order chi connectivity index (χ1) is 10.5. The first-order valence-electron chi connectivity index (χ1n) is 7.08. The molecule has 0 radical (unpaired) electrons. The largest absolute Gasteiger partial charge is 0.493 e. The minimum Gasteiger partial charge on any atom is -0.493 e. The molecule has 2 rings (SSSR count). The third-order valence-corrected chi connectivity index (χ3v) is 3.52. The lowest BCUT2D eigenvalue weighted by atomic mass is 10.1. The molecular formula is C17H22N2O3. The van der Waals surface area contributed by atoms with Crippen LogP contribution in [0.4, 0.5) is 0 Å². The minimum atomic E-state index is 0.0111. The number of hydrogen-bond acceptors (Lipinski definition) is 4. The van der Waals surface area contributed by atoms with Crippen molar-refractivity contribution >= 4 is 0 Å². The molecule has 22 heavy (non-hydrogen) atoms. The Bertz CT molecular complexity index is 695. The number of hydrogen-bond donors (Lipinski definition) is 0. The van der Waals surface area contributed by atoms with Crippen LogP contribution >= 0.6 is 0 Å². The number of aryl methyl sites for hydroxylation is 1. The van der Waals surface area contributed by atoms with Crippen LogP contribution in [0.5, 0.6) is 11.5 Å². The van der Waals surface area contributed by atoms with Crippen LogP contribution in [0.15, 0.2) is 41.3 Å².